The molecule has 0 aliphatic carbocycles. The van der Waals surface area contributed by atoms with E-state index in [0.29, 0.717) is 12.5 Å². The molecule has 1 aromatic rings. The van der Waals surface area contributed by atoms with Crippen molar-refractivity contribution in [3.8, 4) is 0 Å². The molecule has 1 aliphatic heterocycles. The lowest BCUT2D eigenvalue weighted by Gasteiger charge is -2.23. The standard InChI is InChI=1S/C11H17N3O/c1-7(2)9-5-11(15)14-6-8(12)3-4-10(14)13-9/h5,7-8H,3-4,6,12H2,1-2H3. The highest BCUT2D eigenvalue weighted by molar-refractivity contribution is 5.10. The molecule has 82 valence electrons. The maximum absolute atomic E-state index is 11.8. The first-order chi connectivity index (χ1) is 7.08. The van der Waals surface area contributed by atoms with E-state index in [9.17, 15) is 4.79 Å². The summed E-state index contributed by atoms with van der Waals surface area (Å²) in [6.45, 7) is 4.71. The lowest BCUT2D eigenvalue weighted by Crippen LogP contribution is -2.39. The molecule has 0 radical (unpaired) electrons. The summed E-state index contributed by atoms with van der Waals surface area (Å²) in [6, 6.07) is 1.73. The molecule has 0 saturated heterocycles. The Bertz CT molecular complexity index is 422. The van der Waals surface area contributed by atoms with Crippen molar-refractivity contribution in [3.63, 3.8) is 0 Å². The Hall–Kier alpha value is -1.16. The Labute approximate surface area is 89.1 Å². The van der Waals surface area contributed by atoms with E-state index in [1.165, 1.54) is 0 Å². The van der Waals surface area contributed by atoms with Gasteiger partial charge in [0, 0.05) is 25.1 Å². The first kappa shape index (κ1) is 10.4. The highest BCUT2D eigenvalue weighted by Gasteiger charge is 2.18. The zero-order valence-corrected chi connectivity index (χ0v) is 9.23. The molecular weight excluding hydrogens is 190 g/mol. The predicted octanol–water partition coefficient (Wildman–Crippen LogP) is 0.640. The maximum atomic E-state index is 11.8. The monoisotopic (exact) mass is 207 g/mol. The molecule has 0 spiro atoms. The lowest BCUT2D eigenvalue weighted by atomic mass is 10.1. The summed E-state index contributed by atoms with van der Waals surface area (Å²) in [5.41, 5.74) is 6.76. The number of aromatic nitrogens is 2. The van der Waals surface area contributed by atoms with E-state index in [2.05, 4.69) is 4.98 Å². The highest BCUT2D eigenvalue weighted by Crippen LogP contribution is 2.14. The van der Waals surface area contributed by atoms with E-state index in [-0.39, 0.29) is 11.6 Å². The molecular formula is C11H17N3O. The number of rotatable bonds is 1. The molecule has 1 unspecified atom stereocenters. The number of hydrogen-bond donors (Lipinski definition) is 1. The summed E-state index contributed by atoms with van der Waals surface area (Å²) in [5.74, 6) is 1.20. The molecule has 4 nitrogen and oxygen atoms in total. The molecule has 15 heavy (non-hydrogen) atoms. The summed E-state index contributed by atoms with van der Waals surface area (Å²) in [6.07, 6.45) is 1.74. The normalized spacial score (nSPS) is 20.4. The first-order valence-electron chi connectivity index (χ1n) is 5.44. The minimum Gasteiger partial charge on any atom is -0.326 e. The molecule has 1 atom stereocenters. The van der Waals surface area contributed by atoms with Crippen LogP contribution in [0.5, 0.6) is 0 Å². The van der Waals surface area contributed by atoms with Gasteiger partial charge in [0.15, 0.2) is 0 Å². The van der Waals surface area contributed by atoms with Crippen molar-refractivity contribution in [3.05, 3.63) is 27.9 Å². The number of nitrogens with zero attached hydrogens (tertiary/aromatic N) is 2. The number of nitrogens with two attached hydrogens (primary N) is 1. The van der Waals surface area contributed by atoms with Gasteiger partial charge in [-0.2, -0.15) is 0 Å². The minimum atomic E-state index is 0.0406. The molecule has 0 fully saturated rings. The molecule has 2 heterocycles. The van der Waals surface area contributed by atoms with E-state index in [4.69, 9.17) is 5.73 Å². The zero-order chi connectivity index (χ0) is 11.0. The van der Waals surface area contributed by atoms with E-state index in [0.717, 1.165) is 24.4 Å². The van der Waals surface area contributed by atoms with Gasteiger partial charge in [-0.3, -0.25) is 9.36 Å². The van der Waals surface area contributed by atoms with E-state index >= 15 is 0 Å². The average Bonchev–Trinajstić information content (AvgIpc) is 2.18. The van der Waals surface area contributed by atoms with Crippen LogP contribution in [0.1, 0.15) is 37.7 Å². The van der Waals surface area contributed by atoms with Crippen LogP contribution in [-0.2, 0) is 13.0 Å². The van der Waals surface area contributed by atoms with Gasteiger partial charge in [0.2, 0.25) is 0 Å². The smallest absolute Gasteiger partial charge is 0.253 e. The van der Waals surface area contributed by atoms with Crippen LogP contribution in [0.4, 0.5) is 0 Å². The average molecular weight is 207 g/mol. The third kappa shape index (κ3) is 1.95. The Morgan fingerprint density at radius 2 is 2.33 bits per heavy atom. The van der Waals surface area contributed by atoms with Crippen LogP contribution >= 0.6 is 0 Å². The van der Waals surface area contributed by atoms with Crippen molar-refractivity contribution >= 4 is 0 Å². The maximum Gasteiger partial charge on any atom is 0.253 e. The number of hydrogen-bond acceptors (Lipinski definition) is 3. The van der Waals surface area contributed by atoms with Crippen LogP contribution in [0.25, 0.3) is 0 Å². The van der Waals surface area contributed by atoms with Crippen LogP contribution in [-0.4, -0.2) is 15.6 Å². The third-order valence-corrected chi connectivity index (χ3v) is 2.85. The van der Waals surface area contributed by atoms with Crippen molar-refractivity contribution in [2.24, 2.45) is 5.73 Å². The Balaban J connectivity index is 2.48. The molecule has 0 bridgehead atoms. The van der Waals surface area contributed by atoms with Crippen molar-refractivity contribution in [2.45, 2.75) is 45.2 Å². The summed E-state index contributed by atoms with van der Waals surface area (Å²) < 4.78 is 1.71. The second kappa shape index (κ2) is 3.77. The summed E-state index contributed by atoms with van der Waals surface area (Å²) in [4.78, 5) is 16.3. The molecule has 1 aromatic heterocycles. The third-order valence-electron chi connectivity index (χ3n) is 2.85. The minimum absolute atomic E-state index is 0.0406. The summed E-state index contributed by atoms with van der Waals surface area (Å²) >= 11 is 0. The first-order valence-corrected chi connectivity index (χ1v) is 5.44. The van der Waals surface area contributed by atoms with Gasteiger partial charge < -0.3 is 5.73 Å². The molecule has 0 aromatic carbocycles. The topological polar surface area (TPSA) is 60.9 Å². The molecule has 2 rings (SSSR count). The molecule has 1 aliphatic rings. The van der Waals surface area contributed by atoms with Gasteiger partial charge >= 0.3 is 0 Å². The van der Waals surface area contributed by atoms with Gasteiger partial charge in [-0.05, 0) is 12.3 Å². The highest BCUT2D eigenvalue weighted by atomic mass is 16.1. The van der Waals surface area contributed by atoms with Crippen molar-refractivity contribution < 1.29 is 0 Å². The lowest BCUT2D eigenvalue weighted by molar-refractivity contribution is 0.431. The Morgan fingerprint density at radius 1 is 1.60 bits per heavy atom. The largest absolute Gasteiger partial charge is 0.326 e. The molecule has 0 amide bonds. The Morgan fingerprint density at radius 3 is 3.00 bits per heavy atom. The molecule has 2 N–H and O–H groups in total. The van der Waals surface area contributed by atoms with Gasteiger partial charge in [-0.1, -0.05) is 13.8 Å². The van der Waals surface area contributed by atoms with Crippen LogP contribution < -0.4 is 11.3 Å². The van der Waals surface area contributed by atoms with Gasteiger partial charge in [0.25, 0.3) is 5.56 Å². The number of fused-ring (bicyclic) bond motifs is 1. The van der Waals surface area contributed by atoms with Crippen molar-refractivity contribution in [2.75, 3.05) is 0 Å². The van der Waals surface area contributed by atoms with Crippen molar-refractivity contribution in [1.29, 1.82) is 0 Å². The second-order valence-corrected chi connectivity index (χ2v) is 4.50. The van der Waals surface area contributed by atoms with Gasteiger partial charge in [-0.15, -0.1) is 0 Å². The van der Waals surface area contributed by atoms with E-state index in [1.54, 1.807) is 10.6 Å². The van der Waals surface area contributed by atoms with Crippen LogP contribution in [0.3, 0.4) is 0 Å². The predicted molar refractivity (Wildman–Crippen MR) is 58.9 cm³/mol. The molecule has 0 saturated carbocycles. The molecule has 4 heteroatoms. The fourth-order valence-electron chi connectivity index (χ4n) is 1.90. The zero-order valence-electron chi connectivity index (χ0n) is 9.23. The summed E-state index contributed by atoms with van der Waals surface area (Å²) in [5, 5.41) is 0. The summed E-state index contributed by atoms with van der Waals surface area (Å²) in [7, 11) is 0. The van der Waals surface area contributed by atoms with Gasteiger partial charge in [0.1, 0.15) is 5.82 Å². The van der Waals surface area contributed by atoms with E-state index < -0.39 is 0 Å². The van der Waals surface area contributed by atoms with Crippen LogP contribution in [0.15, 0.2) is 10.9 Å². The van der Waals surface area contributed by atoms with Crippen molar-refractivity contribution in [1.82, 2.24) is 9.55 Å². The quantitative estimate of drug-likeness (QED) is 0.735. The second-order valence-electron chi connectivity index (χ2n) is 4.50. The van der Waals surface area contributed by atoms with Gasteiger partial charge in [0.05, 0.1) is 5.69 Å². The Kier molecular flexibility index (Phi) is 2.61. The fourth-order valence-corrected chi connectivity index (χ4v) is 1.90. The fraction of sp³-hybridized carbons (Fsp3) is 0.636. The van der Waals surface area contributed by atoms with E-state index in [1.807, 2.05) is 13.8 Å². The SMILES string of the molecule is CC(C)c1cc(=O)n2c(n1)CCC(N)C2. The van der Waals surface area contributed by atoms with Crippen LogP contribution in [0.2, 0.25) is 0 Å². The van der Waals surface area contributed by atoms with Gasteiger partial charge in [-0.25, -0.2) is 4.98 Å². The number of aryl methyl sites for hydroxylation is 1. The van der Waals surface area contributed by atoms with Crippen LogP contribution in [0, 0.1) is 0 Å².